The van der Waals surface area contributed by atoms with Gasteiger partial charge in [-0.3, -0.25) is 14.2 Å². The van der Waals surface area contributed by atoms with E-state index in [-0.39, 0.29) is 17.7 Å². The quantitative estimate of drug-likeness (QED) is 0.690. The Balaban J connectivity index is 2.06. The number of nitrogens with zero attached hydrogens (tertiary/aromatic N) is 1. The van der Waals surface area contributed by atoms with Gasteiger partial charge in [0.05, 0.1) is 16.8 Å². The van der Waals surface area contributed by atoms with Gasteiger partial charge < -0.3 is 5.32 Å². The van der Waals surface area contributed by atoms with Gasteiger partial charge in [0.1, 0.15) is 6.04 Å². The molecule has 0 radical (unpaired) electrons. The van der Waals surface area contributed by atoms with E-state index in [1.54, 1.807) is 26.0 Å². The Bertz CT molecular complexity index is 1090. The number of hydrogen-bond acceptors (Lipinski definition) is 2. The van der Waals surface area contributed by atoms with Crippen LogP contribution in [-0.2, 0) is 11.0 Å². The summed E-state index contributed by atoms with van der Waals surface area (Å²) < 4.78 is 41.0. The van der Waals surface area contributed by atoms with Gasteiger partial charge in [-0.05, 0) is 37.1 Å². The fraction of sp³-hybridized carbons (Fsp3) is 0.238. The number of aromatic nitrogens is 1. The molecule has 2 aromatic carbocycles. The highest BCUT2D eigenvalue weighted by molar-refractivity contribution is 5.95. The topological polar surface area (TPSA) is 51.1 Å². The maximum atomic E-state index is 13.2. The highest BCUT2D eigenvalue weighted by atomic mass is 19.4. The summed E-state index contributed by atoms with van der Waals surface area (Å²) in [5.41, 5.74) is -0.294. The van der Waals surface area contributed by atoms with Crippen molar-refractivity contribution < 1.29 is 18.0 Å². The molecule has 0 aliphatic heterocycles. The van der Waals surface area contributed by atoms with Crippen LogP contribution >= 0.6 is 0 Å². The van der Waals surface area contributed by atoms with E-state index in [1.807, 2.05) is 12.1 Å². The van der Waals surface area contributed by atoms with Crippen LogP contribution in [0.15, 0.2) is 59.4 Å². The number of amides is 1. The third-order valence-electron chi connectivity index (χ3n) is 4.66. The highest BCUT2D eigenvalue weighted by Crippen LogP contribution is 2.35. The van der Waals surface area contributed by atoms with Crippen LogP contribution in [0.4, 0.5) is 18.9 Å². The lowest BCUT2D eigenvalue weighted by atomic mass is 10.1. The molecule has 0 spiro atoms. The Morgan fingerprint density at radius 3 is 2.43 bits per heavy atom. The summed E-state index contributed by atoms with van der Waals surface area (Å²) in [7, 11) is 0. The molecule has 1 atom stereocenters. The van der Waals surface area contributed by atoms with E-state index in [0.717, 1.165) is 17.0 Å². The number of hydrogen-bond donors (Lipinski definition) is 1. The Kier molecular flexibility index (Phi) is 5.27. The number of rotatable bonds is 4. The van der Waals surface area contributed by atoms with Crippen molar-refractivity contribution in [3.63, 3.8) is 0 Å². The molecule has 3 aromatic rings. The first-order valence-electron chi connectivity index (χ1n) is 8.82. The Hall–Kier alpha value is -3.09. The molecule has 0 saturated heterocycles. The van der Waals surface area contributed by atoms with Crippen molar-refractivity contribution in [1.29, 1.82) is 0 Å². The van der Waals surface area contributed by atoms with E-state index in [4.69, 9.17) is 0 Å². The van der Waals surface area contributed by atoms with Crippen LogP contribution in [0.1, 0.15) is 30.5 Å². The molecule has 0 aliphatic carbocycles. The van der Waals surface area contributed by atoms with Crippen molar-refractivity contribution in [2.45, 2.75) is 32.5 Å². The smallest absolute Gasteiger partial charge is 0.324 e. The van der Waals surface area contributed by atoms with Gasteiger partial charge in [0, 0.05) is 11.5 Å². The number of nitrogens with one attached hydrogen (secondary N) is 1. The molecule has 0 aliphatic rings. The molecule has 0 bridgehead atoms. The summed E-state index contributed by atoms with van der Waals surface area (Å²) in [5.74, 6) is -0.671. The van der Waals surface area contributed by atoms with Crippen LogP contribution in [0.3, 0.4) is 0 Å². The number of aryl methyl sites for hydroxylation is 1. The number of fused-ring (bicyclic) bond motifs is 1. The fourth-order valence-corrected chi connectivity index (χ4v) is 3.33. The SMILES string of the molecule is CCC(C(=O)Nc1ccccc1C(F)(F)F)n1c(=O)cc(C)c2ccccc21. The molecule has 4 nitrogen and oxygen atoms in total. The minimum Gasteiger partial charge on any atom is -0.324 e. The first-order valence-corrected chi connectivity index (χ1v) is 8.82. The second-order valence-corrected chi connectivity index (χ2v) is 6.51. The molecule has 1 heterocycles. The summed E-state index contributed by atoms with van der Waals surface area (Å²) in [4.78, 5) is 25.5. The first kappa shape index (κ1) is 19.7. The third kappa shape index (κ3) is 3.65. The molecule has 1 N–H and O–H groups in total. The zero-order chi connectivity index (χ0) is 20.5. The third-order valence-corrected chi connectivity index (χ3v) is 4.66. The molecule has 146 valence electrons. The van der Waals surface area contributed by atoms with Gasteiger partial charge in [-0.1, -0.05) is 37.3 Å². The highest BCUT2D eigenvalue weighted by Gasteiger charge is 2.34. The van der Waals surface area contributed by atoms with E-state index in [0.29, 0.717) is 5.52 Å². The van der Waals surface area contributed by atoms with E-state index in [2.05, 4.69) is 5.32 Å². The number of benzene rings is 2. The van der Waals surface area contributed by atoms with Gasteiger partial charge in [-0.15, -0.1) is 0 Å². The predicted molar refractivity (Wildman–Crippen MR) is 102 cm³/mol. The summed E-state index contributed by atoms with van der Waals surface area (Å²) in [6.07, 6.45) is -4.36. The van der Waals surface area contributed by atoms with Gasteiger partial charge in [-0.2, -0.15) is 13.2 Å². The zero-order valence-corrected chi connectivity index (χ0v) is 15.4. The van der Waals surface area contributed by atoms with Crippen molar-refractivity contribution in [3.8, 4) is 0 Å². The predicted octanol–water partition coefficient (Wildman–Crippen LogP) is 4.92. The monoisotopic (exact) mass is 388 g/mol. The molecule has 0 saturated carbocycles. The molecule has 28 heavy (non-hydrogen) atoms. The summed E-state index contributed by atoms with van der Waals surface area (Å²) in [5, 5.41) is 3.16. The van der Waals surface area contributed by atoms with Crippen LogP contribution in [0.2, 0.25) is 0 Å². The number of halogens is 3. The number of para-hydroxylation sites is 2. The van der Waals surface area contributed by atoms with E-state index >= 15 is 0 Å². The van der Waals surface area contributed by atoms with Gasteiger partial charge in [0.25, 0.3) is 5.56 Å². The first-order chi connectivity index (χ1) is 13.2. The van der Waals surface area contributed by atoms with E-state index in [9.17, 15) is 22.8 Å². The number of carbonyl (C=O) groups is 1. The minimum atomic E-state index is -4.60. The summed E-state index contributed by atoms with van der Waals surface area (Å²) >= 11 is 0. The van der Waals surface area contributed by atoms with Gasteiger partial charge in [0.2, 0.25) is 5.91 Å². The zero-order valence-electron chi connectivity index (χ0n) is 15.4. The molecule has 1 aromatic heterocycles. The average molecular weight is 388 g/mol. The number of alkyl halides is 3. The molecule has 1 amide bonds. The van der Waals surface area contributed by atoms with Crippen molar-refractivity contribution in [1.82, 2.24) is 4.57 Å². The average Bonchev–Trinajstić information content (AvgIpc) is 2.64. The van der Waals surface area contributed by atoms with Crippen molar-refractivity contribution in [3.05, 3.63) is 76.1 Å². The lowest BCUT2D eigenvalue weighted by Crippen LogP contribution is -2.33. The largest absolute Gasteiger partial charge is 0.418 e. The minimum absolute atomic E-state index is 0.243. The molecule has 3 rings (SSSR count). The molecular weight excluding hydrogens is 369 g/mol. The Morgan fingerprint density at radius 2 is 1.75 bits per heavy atom. The Labute approximate surface area is 159 Å². The molecule has 7 heteroatoms. The maximum absolute atomic E-state index is 13.2. The Morgan fingerprint density at radius 1 is 1.11 bits per heavy atom. The molecule has 0 fully saturated rings. The summed E-state index contributed by atoms with van der Waals surface area (Å²) in [6.45, 7) is 3.51. The standard InChI is InChI=1S/C21H19F3N2O2/c1-3-17(20(28)25-16-10-6-5-9-15(16)21(22,23)24)26-18-11-7-4-8-14(18)13(2)12-19(26)27/h4-12,17H,3H2,1-2H3,(H,25,28). The van der Waals surface area contributed by atoms with Crippen LogP contribution < -0.4 is 10.9 Å². The van der Waals surface area contributed by atoms with Crippen molar-refractivity contribution in [2.75, 3.05) is 5.32 Å². The molecule has 1 unspecified atom stereocenters. The van der Waals surface area contributed by atoms with Gasteiger partial charge >= 0.3 is 6.18 Å². The molecular formula is C21H19F3N2O2. The normalized spacial score (nSPS) is 12.8. The van der Waals surface area contributed by atoms with Crippen molar-refractivity contribution >= 4 is 22.5 Å². The van der Waals surface area contributed by atoms with E-state index in [1.165, 1.54) is 28.8 Å². The van der Waals surface area contributed by atoms with Crippen molar-refractivity contribution in [2.24, 2.45) is 0 Å². The van der Waals surface area contributed by atoms with Crippen LogP contribution in [0.5, 0.6) is 0 Å². The van der Waals surface area contributed by atoms with Gasteiger partial charge in [0.15, 0.2) is 0 Å². The second kappa shape index (κ2) is 7.50. The van der Waals surface area contributed by atoms with Crippen LogP contribution in [0, 0.1) is 6.92 Å². The van der Waals surface area contributed by atoms with Crippen LogP contribution in [0.25, 0.3) is 10.9 Å². The van der Waals surface area contributed by atoms with Gasteiger partial charge in [-0.25, -0.2) is 0 Å². The number of pyridine rings is 1. The number of anilines is 1. The second-order valence-electron chi connectivity index (χ2n) is 6.51. The fourth-order valence-electron chi connectivity index (χ4n) is 3.33. The maximum Gasteiger partial charge on any atom is 0.418 e. The number of carbonyl (C=O) groups excluding carboxylic acids is 1. The van der Waals surface area contributed by atoms with Crippen LogP contribution in [-0.4, -0.2) is 10.5 Å². The lowest BCUT2D eigenvalue weighted by molar-refractivity contribution is -0.137. The summed E-state index contributed by atoms with van der Waals surface area (Å²) in [6, 6.07) is 12.4. The van der Waals surface area contributed by atoms with E-state index < -0.39 is 23.7 Å². The lowest BCUT2D eigenvalue weighted by Gasteiger charge is -2.22.